The van der Waals surface area contributed by atoms with Crippen molar-refractivity contribution in [2.24, 2.45) is 0 Å². The lowest BCUT2D eigenvalue weighted by Crippen LogP contribution is -2.34. The Morgan fingerprint density at radius 2 is 2.25 bits per heavy atom. The maximum atomic E-state index is 11.6. The Balaban J connectivity index is 2.01. The molecule has 5 nitrogen and oxygen atoms in total. The fourth-order valence-corrected chi connectivity index (χ4v) is 3.16. The molecule has 104 valence electrons. The number of nitrogens with zero attached hydrogens (tertiary/aromatic N) is 3. The minimum Gasteiger partial charge on any atom is -0.478 e. The Labute approximate surface area is 121 Å². The Hall–Kier alpha value is -1.95. The molecule has 0 spiro atoms. The minimum absolute atomic E-state index is 0.389. The van der Waals surface area contributed by atoms with Gasteiger partial charge in [-0.15, -0.1) is 11.8 Å². The molecule has 2 aromatic rings. The van der Waals surface area contributed by atoms with Crippen LogP contribution in [0.2, 0.25) is 0 Å². The van der Waals surface area contributed by atoms with Crippen LogP contribution in [0.3, 0.4) is 0 Å². The van der Waals surface area contributed by atoms with E-state index in [2.05, 4.69) is 14.5 Å². The highest BCUT2D eigenvalue weighted by Gasteiger charge is 2.23. The Bertz CT molecular complexity index is 654. The maximum absolute atomic E-state index is 11.6. The third-order valence-corrected chi connectivity index (χ3v) is 4.30. The van der Waals surface area contributed by atoms with Crippen molar-refractivity contribution in [1.29, 1.82) is 0 Å². The molecule has 0 radical (unpaired) electrons. The summed E-state index contributed by atoms with van der Waals surface area (Å²) >= 11 is 1.46. The number of carboxylic acid groups (broad SMARTS) is 1. The Morgan fingerprint density at radius 3 is 3.00 bits per heavy atom. The highest BCUT2D eigenvalue weighted by Crippen LogP contribution is 2.31. The van der Waals surface area contributed by atoms with E-state index < -0.39 is 5.97 Å². The second-order valence-corrected chi connectivity index (χ2v) is 5.47. The van der Waals surface area contributed by atoms with Crippen LogP contribution >= 0.6 is 11.8 Å². The van der Waals surface area contributed by atoms with Gasteiger partial charge >= 0.3 is 5.97 Å². The van der Waals surface area contributed by atoms with Gasteiger partial charge in [0, 0.05) is 30.4 Å². The first-order valence-corrected chi connectivity index (χ1v) is 7.58. The number of rotatable bonds is 3. The standard InChI is InChI=1S/C14H15N3O2S/c1-20-11-4-2-3-10(13(11)14(18)19)17-8-7-16-6-5-15-12(16)9-17/h2-6H,7-9H2,1H3,(H,18,19). The number of aromatic nitrogens is 2. The van der Waals surface area contributed by atoms with Crippen molar-refractivity contribution in [3.8, 4) is 0 Å². The molecule has 1 N–H and O–H groups in total. The normalized spacial score (nSPS) is 14.2. The largest absolute Gasteiger partial charge is 0.478 e. The van der Waals surface area contributed by atoms with Crippen LogP contribution in [0.1, 0.15) is 16.2 Å². The summed E-state index contributed by atoms with van der Waals surface area (Å²) in [6.07, 6.45) is 5.65. The van der Waals surface area contributed by atoms with Gasteiger partial charge in [-0.1, -0.05) is 6.07 Å². The third kappa shape index (κ3) is 2.16. The molecule has 0 bridgehead atoms. The first-order chi connectivity index (χ1) is 9.70. The van der Waals surface area contributed by atoms with Crippen molar-refractivity contribution in [2.45, 2.75) is 18.0 Å². The summed E-state index contributed by atoms with van der Waals surface area (Å²) in [7, 11) is 0. The summed E-state index contributed by atoms with van der Waals surface area (Å²) in [6.45, 7) is 2.27. The zero-order valence-corrected chi connectivity index (χ0v) is 11.9. The van der Waals surface area contributed by atoms with Crippen molar-refractivity contribution in [2.75, 3.05) is 17.7 Å². The number of anilines is 1. The van der Waals surface area contributed by atoms with Crippen LogP contribution < -0.4 is 4.90 Å². The van der Waals surface area contributed by atoms with Gasteiger partial charge in [0.1, 0.15) is 5.82 Å². The van der Waals surface area contributed by atoms with Gasteiger partial charge in [-0.3, -0.25) is 0 Å². The third-order valence-electron chi connectivity index (χ3n) is 3.52. The lowest BCUT2D eigenvalue weighted by Gasteiger charge is -2.31. The lowest BCUT2D eigenvalue weighted by atomic mass is 10.1. The van der Waals surface area contributed by atoms with Gasteiger partial charge in [0.2, 0.25) is 0 Å². The lowest BCUT2D eigenvalue weighted by molar-refractivity contribution is 0.0693. The van der Waals surface area contributed by atoms with E-state index in [1.54, 1.807) is 6.20 Å². The number of thioether (sulfide) groups is 1. The summed E-state index contributed by atoms with van der Waals surface area (Å²) in [4.78, 5) is 18.8. The molecule has 1 aliphatic heterocycles. The van der Waals surface area contributed by atoms with Crippen LogP contribution in [-0.4, -0.2) is 33.4 Å². The van der Waals surface area contributed by atoms with E-state index in [0.29, 0.717) is 12.1 Å². The molecule has 3 rings (SSSR count). The molecule has 0 amide bonds. The zero-order valence-electron chi connectivity index (χ0n) is 11.1. The number of fused-ring (bicyclic) bond motifs is 1. The average Bonchev–Trinajstić information content (AvgIpc) is 2.93. The van der Waals surface area contributed by atoms with Gasteiger partial charge in [0.15, 0.2) is 0 Å². The van der Waals surface area contributed by atoms with Crippen LogP contribution in [0.5, 0.6) is 0 Å². The molecule has 1 aliphatic rings. The summed E-state index contributed by atoms with van der Waals surface area (Å²) in [5, 5.41) is 9.50. The number of hydrogen-bond donors (Lipinski definition) is 1. The number of carbonyl (C=O) groups is 1. The minimum atomic E-state index is -0.876. The first-order valence-electron chi connectivity index (χ1n) is 6.36. The van der Waals surface area contributed by atoms with E-state index in [9.17, 15) is 9.90 Å². The van der Waals surface area contributed by atoms with Crippen LogP contribution in [0.15, 0.2) is 35.5 Å². The van der Waals surface area contributed by atoms with E-state index in [1.807, 2.05) is 30.7 Å². The van der Waals surface area contributed by atoms with Crippen molar-refractivity contribution in [3.63, 3.8) is 0 Å². The molecule has 1 aromatic heterocycles. The van der Waals surface area contributed by atoms with E-state index in [0.717, 1.165) is 29.5 Å². The topological polar surface area (TPSA) is 58.4 Å². The number of hydrogen-bond acceptors (Lipinski definition) is 4. The van der Waals surface area contributed by atoms with E-state index in [4.69, 9.17) is 0 Å². The zero-order chi connectivity index (χ0) is 14.1. The van der Waals surface area contributed by atoms with Crippen molar-refractivity contribution >= 4 is 23.4 Å². The Kier molecular flexibility index (Phi) is 3.40. The molecule has 1 aromatic carbocycles. The summed E-state index contributed by atoms with van der Waals surface area (Å²) in [6, 6.07) is 5.64. The second-order valence-electron chi connectivity index (χ2n) is 4.62. The predicted molar refractivity (Wildman–Crippen MR) is 78.5 cm³/mol. The summed E-state index contributed by atoms with van der Waals surface area (Å²) in [5.74, 6) is 0.0982. The number of benzene rings is 1. The van der Waals surface area contributed by atoms with Crippen molar-refractivity contribution in [1.82, 2.24) is 9.55 Å². The number of aromatic carboxylic acids is 1. The quantitative estimate of drug-likeness (QED) is 0.879. The Morgan fingerprint density at radius 1 is 1.40 bits per heavy atom. The van der Waals surface area contributed by atoms with E-state index in [1.165, 1.54) is 11.8 Å². The smallest absolute Gasteiger partial charge is 0.338 e. The monoisotopic (exact) mass is 289 g/mol. The summed E-state index contributed by atoms with van der Waals surface area (Å²) in [5.41, 5.74) is 1.17. The van der Waals surface area contributed by atoms with Gasteiger partial charge < -0.3 is 14.6 Å². The molecule has 20 heavy (non-hydrogen) atoms. The van der Waals surface area contributed by atoms with Crippen molar-refractivity contribution < 1.29 is 9.90 Å². The molecule has 6 heteroatoms. The van der Waals surface area contributed by atoms with Gasteiger partial charge in [-0.05, 0) is 18.4 Å². The second kappa shape index (κ2) is 5.20. The molecule has 0 aliphatic carbocycles. The fourth-order valence-electron chi connectivity index (χ4n) is 2.55. The molecule has 0 saturated carbocycles. The number of imidazole rings is 1. The average molecular weight is 289 g/mol. The van der Waals surface area contributed by atoms with Crippen LogP contribution in [0.25, 0.3) is 0 Å². The molecule has 0 saturated heterocycles. The predicted octanol–water partition coefficient (Wildman–Crippen LogP) is 2.32. The van der Waals surface area contributed by atoms with Gasteiger partial charge in [-0.2, -0.15) is 0 Å². The van der Waals surface area contributed by atoms with Gasteiger partial charge in [0.25, 0.3) is 0 Å². The van der Waals surface area contributed by atoms with Crippen molar-refractivity contribution in [3.05, 3.63) is 42.0 Å². The molecule has 2 heterocycles. The van der Waals surface area contributed by atoms with Gasteiger partial charge in [-0.25, -0.2) is 9.78 Å². The maximum Gasteiger partial charge on any atom is 0.338 e. The van der Waals surface area contributed by atoms with E-state index in [-0.39, 0.29) is 0 Å². The highest BCUT2D eigenvalue weighted by atomic mass is 32.2. The van der Waals surface area contributed by atoms with Crippen LogP contribution in [0.4, 0.5) is 5.69 Å². The SMILES string of the molecule is CSc1cccc(N2CCn3ccnc3C2)c1C(=O)O. The molecule has 0 unspecified atom stereocenters. The number of carboxylic acids is 1. The molecule has 0 fully saturated rings. The summed E-state index contributed by atoms with van der Waals surface area (Å²) < 4.78 is 2.11. The van der Waals surface area contributed by atoms with E-state index >= 15 is 0 Å². The van der Waals surface area contributed by atoms with Crippen LogP contribution in [-0.2, 0) is 13.1 Å². The fraction of sp³-hybridized carbons (Fsp3) is 0.286. The molecule has 0 atom stereocenters. The highest BCUT2D eigenvalue weighted by molar-refractivity contribution is 7.98. The molecular weight excluding hydrogens is 274 g/mol. The molecular formula is C14H15N3O2S. The van der Waals surface area contributed by atoms with Crippen LogP contribution in [0, 0.1) is 0 Å². The van der Waals surface area contributed by atoms with Gasteiger partial charge in [0.05, 0.1) is 17.8 Å². The first kappa shape index (κ1) is 13.1.